The molecule has 0 saturated heterocycles. The number of anilines is 1. The van der Waals surface area contributed by atoms with Gasteiger partial charge in [0.15, 0.2) is 0 Å². The fourth-order valence-corrected chi connectivity index (χ4v) is 4.23. The predicted molar refractivity (Wildman–Crippen MR) is 128 cm³/mol. The first-order valence-corrected chi connectivity index (χ1v) is 11.2. The van der Waals surface area contributed by atoms with E-state index in [0.717, 1.165) is 12.0 Å². The standard InChI is InChI=1S/C27H22F2N4O2/c1-3-17-10-12-22(13-11-17)33-16(2)23(24(30-27(33)34)18-6-4-8-20(28)14-18)26-31-25(32-35-26)19-7-5-9-21(29)15-19/h4-15,24H,3H2,1-2H3,(H,30,34). The van der Waals surface area contributed by atoms with Crippen LogP contribution in [-0.4, -0.2) is 16.2 Å². The van der Waals surface area contributed by atoms with Crippen molar-refractivity contribution in [1.29, 1.82) is 0 Å². The molecule has 4 aromatic rings. The Bertz CT molecular complexity index is 1430. The Labute approximate surface area is 200 Å². The van der Waals surface area contributed by atoms with Crippen LogP contribution in [0.4, 0.5) is 19.3 Å². The van der Waals surface area contributed by atoms with Gasteiger partial charge in [0.05, 0.1) is 17.3 Å². The van der Waals surface area contributed by atoms with E-state index in [1.807, 2.05) is 24.3 Å². The fourth-order valence-electron chi connectivity index (χ4n) is 4.23. The minimum absolute atomic E-state index is 0.145. The molecule has 2 amide bonds. The molecule has 1 atom stereocenters. The number of nitrogens with one attached hydrogen (secondary N) is 1. The van der Waals surface area contributed by atoms with Gasteiger partial charge in [0.2, 0.25) is 5.82 Å². The van der Waals surface area contributed by atoms with Crippen molar-refractivity contribution in [1.82, 2.24) is 15.5 Å². The van der Waals surface area contributed by atoms with Crippen LogP contribution in [0.3, 0.4) is 0 Å². The normalized spacial score (nSPS) is 15.9. The highest BCUT2D eigenvalue weighted by molar-refractivity contribution is 6.01. The van der Waals surface area contributed by atoms with Crippen molar-refractivity contribution in [3.05, 3.63) is 107 Å². The Hall–Kier alpha value is -4.33. The van der Waals surface area contributed by atoms with E-state index in [4.69, 9.17) is 4.52 Å². The van der Waals surface area contributed by atoms with Gasteiger partial charge >= 0.3 is 6.03 Å². The summed E-state index contributed by atoms with van der Waals surface area (Å²) in [4.78, 5) is 19.3. The lowest BCUT2D eigenvalue weighted by Crippen LogP contribution is -2.46. The molecule has 0 radical (unpaired) electrons. The number of urea groups is 1. The number of nitrogens with zero attached hydrogens (tertiary/aromatic N) is 3. The lowest BCUT2D eigenvalue weighted by atomic mass is 9.94. The average molecular weight is 472 g/mol. The highest BCUT2D eigenvalue weighted by Crippen LogP contribution is 2.39. The molecular weight excluding hydrogens is 450 g/mol. The molecule has 1 unspecified atom stereocenters. The number of hydrogen-bond acceptors (Lipinski definition) is 4. The molecular formula is C27H22F2N4O2. The summed E-state index contributed by atoms with van der Waals surface area (Å²) in [6.45, 7) is 3.83. The monoisotopic (exact) mass is 472 g/mol. The second kappa shape index (κ2) is 9.13. The summed E-state index contributed by atoms with van der Waals surface area (Å²) in [5.41, 5.74) is 3.86. The zero-order valence-electron chi connectivity index (χ0n) is 19.1. The van der Waals surface area contributed by atoms with Crippen molar-refractivity contribution >= 4 is 17.3 Å². The summed E-state index contributed by atoms with van der Waals surface area (Å²) in [6, 6.07) is 18.4. The third kappa shape index (κ3) is 4.30. The van der Waals surface area contributed by atoms with E-state index in [1.54, 1.807) is 31.2 Å². The number of carbonyl (C=O) groups is 1. The topological polar surface area (TPSA) is 71.3 Å². The van der Waals surface area contributed by atoms with Gasteiger partial charge in [-0.15, -0.1) is 0 Å². The summed E-state index contributed by atoms with van der Waals surface area (Å²) >= 11 is 0. The van der Waals surface area contributed by atoms with Gasteiger partial charge in [-0.1, -0.05) is 48.5 Å². The van der Waals surface area contributed by atoms with Crippen LogP contribution in [0.5, 0.6) is 0 Å². The molecule has 8 heteroatoms. The van der Waals surface area contributed by atoms with E-state index in [9.17, 15) is 13.6 Å². The number of amides is 2. The summed E-state index contributed by atoms with van der Waals surface area (Å²) < 4.78 is 33.4. The molecule has 1 aromatic heterocycles. The van der Waals surface area contributed by atoms with Crippen LogP contribution in [-0.2, 0) is 6.42 Å². The lowest BCUT2D eigenvalue weighted by molar-refractivity contribution is 0.244. The van der Waals surface area contributed by atoms with Crippen molar-refractivity contribution in [3.8, 4) is 11.4 Å². The molecule has 0 saturated carbocycles. The van der Waals surface area contributed by atoms with Crippen LogP contribution in [0.1, 0.15) is 36.9 Å². The maximum atomic E-state index is 14.1. The zero-order valence-corrected chi connectivity index (χ0v) is 19.1. The smallest absolute Gasteiger partial charge is 0.326 e. The third-order valence-electron chi connectivity index (χ3n) is 6.01. The first kappa shape index (κ1) is 22.5. The fraction of sp³-hybridized carbons (Fsp3) is 0.148. The van der Waals surface area contributed by atoms with Crippen LogP contribution in [0, 0.1) is 11.6 Å². The SMILES string of the molecule is CCc1ccc(N2C(=O)NC(c3cccc(F)c3)C(c3nc(-c4cccc(F)c4)no3)=C2C)cc1. The summed E-state index contributed by atoms with van der Waals surface area (Å²) in [7, 11) is 0. The lowest BCUT2D eigenvalue weighted by Gasteiger charge is -2.35. The van der Waals surface area contributed by atoms with E-state index in [1.165, 1.54) is 29.2 Å². The van der Waals surface area contributed by atoms with E-state index < -0.39 is 17.7 Å². The van der Waals surface area contributed by atoms with Gasteiger partial charge in [-0.3, -0.25) is 4.90 Å². The minimum Gasteiger partial charge on any atom is -0.334 e. The number of allylic oxidation sites excluding steroid dienone is 1. The quantitative estimate of drug-likeness (QED) is 0.371. The zero-order chi connectivity index (χ0) is 24.5. The first-order valence-electron chi connectivity index (χ1n) is 11.2. The summed E-state index contributed by atoms with van der Waals surface area (Å²) in [5.74, 6) is -0.509. The van der Waals surface area contributed by atoms with E-state index in [0.29, 0.717) is 28.1 Å². The van der Waals surface area contributed by atoms with Gasteiger partial charge < -0.3 is 9.84 Å². The molecule has 1 N–H and O–H groups in total. The highest BCUT2D eigenvalue weighted by atomic mass is 19.1. The third-order valence-corrected chi connectivity index (χ3v) is 6.01. The molecule has 176 valence electrons. The maximum Gasteiger partial charge on any atom is 0.326 e. The molecule has 3 aromatic carbocycles. The van der Waals surface area contributed by atoms with Crippen LogP contribution < -0.4 is 10.2 Å². The second-order valence-corrected chi connectivity index (χ2v) is 8.23. The van der Waals surface area contributed by atoms with Gasteiger partial charge in [0.1, 0.15) is 11.6 Å². The molecule has 0 fully saturated rings. The molecule has 35 heavy (non-hydrogen) atoms. The summed E-state index contributed by atoms with van der Waals surface area (Å²) in [5, 5.41) is 6.98. The molecule has 2 heterocycles. The molecule has 0 aliphatic carbocycles. The van der Waals surface area contributed by atoms with Crippen molar-refractivity contribution in [2.24, 2.45) is 0 Å². The largest absolute Gasteiger partial charge is 0.334 e. The number of aryl methyl sites for hydroxylation is 1. The Kier molecular flexibility index (Phi) is 5.86. The van der Waals surface area contributed by atoms with Crippen molar-refractivity contribution < 1.29 is 18.1 Å². The molecule has 5 rings (SSSR count). The van der Waals surface area contributed by atoms with E-state index in [-0.39, 0.29) is 17.7 Å². The molecule has 1 aliphatic heterocycles. The minimum atomic E-state index is -0.731. The van der Waals surface area contributed by atoms with Gasteiger partial charge in [0.25, 0.3) is 5.89 Å². The Morgan fingerprint density at radius 2 is 1.71 bits per heavy atom. The molecule has 1 aliphatic rings. The van der Waals surface area contributed by atoms with Crippen LogP contribution in [0.2, 0.25) is 0 Å². The number of carbonyl (C=O) groups excluding carboxylic acids is 1. The average Bonchev–Trinajstić information content (AvgIpc) is 3.34. The van der Waals surface area contributed by atoms with Crippen molar-refractivity contribution in [2.75, 3.05) is 4.90 Å². The first-order chi connectivity index (χ1) is 16.9. The second-order valence-electron chi connectivity index (χ2n) is 8.23. The van der Waals surface area contributed by atoms with E-state index >= 15 is 0 Å². The van der Waals surface area contributed by atoms with Crippen LogP contribution in [0.25, 0.3) is 17.0 Å². The van der Waals surface area contributed by atoms with Crippen LogP contribution in [0.15, 0.2) is 83.0 Å². The maximum absolute atomic E-state index is 14.1. The number of hydrogen-bond donors (Lipinski definition) is 1. The van der Waals surface area contributed by atoms with Gasteiger partial charge in [0, 0.05) is 11.3 Å². The van der Waals surface area contributed by atoms with Crippen molar-refractivity contribution in [2.45, 2.75) is 26.3 Å². The number of aromatic nitrogens is 2. The predicted octanol–water partition coefficient (Wildman–Crippen LogP) is 6.28. The number of rotatable bonds is 5. The highest BCUT2D eigenvalue weighted by Gasteiger charge is 2.36. The number of benzene rings is 3. The van der Waals surface area contributed by atoms with Crippen LogP contribution >= 0.6 is 0 Å². The number of halogens is 2. The Morgan fingerprint density at radius 1 is 1.00 bits per heavy atom. The molecule has 0 spiro atoms. The Balaban J connectivity index is 1.65. The Morgan fingerprint density at radius 3 is 2.40 bits per heavy atom. The molecule has 0 bridgehead atoms. The van der Waals surface area contributed by atoms with Crippen molar-refractivity contribution in [3.63, 3.8) is 0 Å². The van der Waals surface area contributed by atoms with Gasteiger partial charge in [-0.2, -0.15) is 4.98 Å². The summed E-state index contributed by atoms with van der Waals surface area (Å²) in [6.07, 6.45) is 0.874. The molecule has 6 nitrogen and oxygen atoms in total. The van der Waals surface area contributed by atoms with Gasteiger partial charge in [-0.25, -0.2) is 13.6 Å². The van der Waals surface area contributed by atoms with E-state index in [2.05, 4.69) is 22.4 Å². The van der Waals surface area contributed by atoms with Gasteiger partial charge in [-0.05, 0) is 60.9 Å².